The lowest BCUT2D eigenvalue weighted by Gasteiger charge is -2.30. The van der Waals surface area contributed by atoms with Gasteiger partial charge in [-0.2, -0.15) is 13.2 Å². The predicted octanol–water partition coefficient (Wildman–Crippen LogP) is 3.60. The molecule has 0 radical (unpaired) electrons. The van der Waals surface area contributed by atoms with Gasteiger partial charge in [0.05, 0.1) is 6.54 Å². The van der Waals surface area contributed by atoms with Gasteiger partial charge in [-0.3, -0.25) is 4.99 Å². The number of aryl methyl sites for hydroxylation is 1. The molecule has 0 bridgehead atoms. The Kier molecular flexibility index (Phi) is 9.89. The molecule has 2 heterocycles. The van der Waals surface area contributed by atoms with Crippen LogP contribution < -0.4 is 10.6 Å². The van der Waals surface area contributed by atoms with E-state index in [0.717, 1.165) is 0 Å². The molecule has 0 amide bonds. The Bertz CT molecular complexity index is 766. The molecule has 0 spiro atoms. The third kappa shape index (κ3) is 6.57. The highest BCUT2D eigenvalue weighted by molar-refractivity contribution is 14.0. The summed E-state index contributed by atoms with van der Waals surface area (Å²) in [6.45, 7) is 4.87. The van der Waals surface area contributed by atoms with Crippen molar-refractivity contribution in [1.82, 2.24) is 20.2 Å². The van der Waals surface area contributed by atoms with Gasteiger partial charge in [0.1, 0.15) is 5.82 Å². The van der Waals surface area contributed by atoms with Gasteiger partial charge < -0.3 is 20.3 Å². The Labute approximate surface area is 189 Å². The number of guanidine groups is 1. The Hall–Kier alpha value is -1.34. The summed E-state index contributed by atoms with van der Waals surface area (Å²) < 4.78 is 41.8. The highest BCUT2D eigenvalue weighted by Gasteiger charge is 2.57. The Morgan fingerprint density at radius 1 is 1.38 bits per heavy atom. The molecule has 2 atom stereocenters. The molecular weight excluding hydrogens is 518 g/mol. The van der Waals surface area contributed by atoms with Crippen molar-refractivity contribution >= 4 is 41.3 Å². The summed E-state index contributed by atoms with van der Waals surface area (Å²) in [5.41, 5.74) is -3.04. The van der Waals surface area contributed by atoms with Crippen LogP contribution in [0.5, 0.6) is 0 Å². The molecule has 0 aromatic carbocycles. The fraction of sp³-hybridized carbons (Fsp3) is 0.556. The monoisotopic (exact) mass is 545 g/mol. The van der Waals surface area contributed by atoms with Crippen molar-refractivity contribution in [3.05, 3.63) is 40.6 Å². The van der Waals surface area contributed by atoms with Crippen LogP contribution >= 0.6 is 35.3 Å². The molecular formula is C18H27F3IN5OS. The van der Waals surface area contributed by atoms with Crippen molar-refractivity contribution in [1.29, 1.82) is 0 Å². The molecule has 0 aliphatic carbocycles. The molecule has 164 valence electrons. The van der Waals surface area contributed by atoms with Gasteiger partial charge in [0.25, 0.3) is 0 Å². The second kappa shape index (κ2) is 11.2. The fourth-order valence-corrected chi connectivity index (χ4v) is 3.52. The van der Waals surface area contributed by atoms with E-state index in [1.54, 1.807) is 11.3 Å². The minimum Gasteiger partial charge on any atom is -0.374 e. The topological polar surface area (TPSA) is 74.5 Å². The largest absolute Gasteiger partial charge is 0.424 e. The maximum absolute atomic E-state index is 13.6. The van der Waals surface area contributed by atoms with Gasteiger partial charge in [-0.15, -0.1) is 35.3 Å². The number of aromatic nitrogens is 2. The number of aliphatic hydroxyl groups is 1. The van der Waals surface area contributed by atoms with E-state index in [2.05, 4.69) is 20.6 Å². The lowest BCUT2D eigenvalue weighted by Crippen LogP contribution is -2.48. The van der Waals surface area contributed by atoms with Crippen LogP contribution in [-0.2, 0) is 12.6 Å². The van der Waals surface area contributed by atoms with Crippen LogP contribution in [0.15, 0.2) is 34.9 Å². The number of aliphatic imine (C=N–C) groups is 1. The average molecular weight is 545 g/mol. The third-order valence-corrected chi connectivity index (χ3v) is 5.44. The van der Waals surface area contributed by atoms with Crippen molar-refractivity contribution in [3.8, 4) is 0 Å². The molecule has 11 heteroatoms. The molecule has 29 heavy (non-hydrogen) atoms. The number of nitrogens with zero attached hydrogens (tertiary/aromatic N) is 3. The SMILES string of the molecule is CCNC(=NCC(C)c1cccs1)NCCC(O)(c1nccn1C)C(F)(F)F.I. The number of imidazole rings is 1. The van der Waals surface area contributed by atoms with Crippen molar-refractivity contribution in [2.45, 2.75) is 38.0 Å². The number of halogens is 4. The van der Waals surface area contributed by atoms with Gasteiger partial charge in [-0.25, -0.2) is 4.98 Å². The Morgan fingerprint density at radius 2 is 2.10 bits per heavy atom. The maximum Gasteiger partial charge on any atom is 0.424 e. The van der Waals surface area contributed by atoms with Gasteiger partial charge in [0, 0.05) is 49.7 Å². The van der Waals surface area contributed by atoms with E-state index < -0.39 is 24.0 Å². The summed E-state index contributed by atoms with van der Waals surface area (Å²) in [5.74, 6) is 0.181. The molecule has 6 nitrogen and oxygen atoms in total. The maximum atomic E-state index is 13.6. The number of hydrogen-bond acceptors (Lipinski definition) is 4. The zero-order valence-corrected chi connectivity index (χ0v) is 19.7. The van der Waals surface area contributed by atoms with Crippen LogP contribution in [0.1, 0.15) is 36.9 Å². The van der Waals surface area contributed by atoms with E-state index in [9.17, 15) is 18.3 Å². The average Bonchev–Trinajstić information content (AvgIpc) is 3.30. The van der Waals surface area contributed by atoms with Crippen molar-refractivity contribution in [3.63, 3.8) is 0 Å². The summed E-state index contributed by atoms with van der Waals surface area (Å²) in [7, 11) is 1.42. The molecule has 0 saturated carbocycles. The number of nitrogens with one attached hydrogen (secondary N) is 2. The van der Waals surface area contributed by atoms with Gasteiger partial charge in [-0.05, 0) is 18.4 Å². The second-order valence-corrected chi connectivity index (χ2v) is 7.51. The van der Waals surface area contributed by atoms with E-state index in [0.29, 0.717) is 19.0 Å². The first-order valence-corrected chi connectivity index (χ1v) is 9.89. The van der Waals surface area contributed by atoms with Crippen LogP contribution in [0.3, 0.4) is 0 Å². The molecule has 3 N–H and O–H groups in total. The molecule has 0 saturated heterocycles. The first-order valence-electron chi connectivity index (χ1n) is 9.01. The van der Waals surface area contributed by atoms with Gasteiger partial charge >= 0.3 is 6.18 Å². The molecule has 2 aromatic rings. The van der Waals surface area contributed by atoms with E-state index in [1.165, 1.54) is 28.9 Å². The van der Waals surface area contributed by atoms with Crippen LogP contribution in [0.25, 0.3) is 0 Å². The number of hydrogen-bond donors (Lipinski definition) is 3. The summed E-state index contributed by atoms with van der Waals surface area (Å²) in [5, 5.41) is 18.3. The van der Waals surface area contributed by atoms with Crippen LogP contribution in [0.2, 0.25) is 0 Å². The molecule has 0 fully saturated rings. The number of thiophene rings is 1. The zero-order chi connectivity index (χ0) is 20.8. The molecule has 0 aliphatic heterocycles. The van der Waals surface area contributed by atoms with Crippen LogP contribution in [-0.4, -0.2) is 46.4 Å². The lowest BCUT2D eigenvalue weighted by atomic mass is 9.97. The molecule has 2 aromatic heterocycles. The van der Waals surface area contributed by atoms with Crippen molar-refractivity contribution in [2.75, 3.05) is 19.6 Å². The Morgan fingerprint density at radius 3 is 2.62 bits per heavy atom. The zero-order valence-electron chi connectivity index (χ0n) is 16.5. The van der Waals surface area contributed by atoms with E-state index >= 15 is 0 Å². The first kappa shape index (κ1) is 25.7. The third-order valence-electron chi connectivity index (χ3n) is 4.34. The lowest BCUT2D eigenvalue weighted by molar-refractivity contribution is -0.272. The highest BCUT2D eigenvalue weighted by atomic mass is 127. The minimum absolute atomic E-state index is 0. The minimum atomic E-state index is -4.85. The van der Waals surface area contributed by atoms with Crippen molar-refractivity contribution in [2.24, 2.45) is 12.0 Å². The predicted molar refractivity (Wildman–Crippen MR) is 120 cm³/mol. The Balaban J connectivity index is 0.00000420. The second-order valence-electron chi connectivity index (χ2n) is 6.53. The first-order chi connectivity index (χ1) is 13.2. The molecule has 2 unspecified atom stereocenters. The standard InChI is InChI=1S/C18H26F3N5OS.HI/c1-4-22-16(25-12-13(2)14-6-5-11-28-14)24-8-7-17(27,18(19,20)21)15-23-9-10-26(15)3;/h5-6,9-11,13,27H,4,7-8,12H2,1-3H3,(H2,22,24,25);1H. The van der Waals surface area contributed by atoms with Crippen LogP contribution in [0.4, 0.5) is 13.2 Å². The fourth-order valence-electron chi connectivity index (χ4n) is 2.74. The quantitative estimate of drug-likeness (QED) is 0.269. The van der Waals surface area contributed by atoms with E-state index in [-0.39, 0.29) is 36.4 Å². The molecule has 2 rings (SSSR count). The van der Waals surface area contributed by atoms with Gasteiger partial charge in [-0.1, -0.05) is 13.0 Å². The summed E-state index contributed by atoms with van der Waals surface area (Å²) in [6, 6.07) is 4.00. The van der Waals surface area contributed by atoms with E-state index in [1.807, 2.05) is 31.4 Å². The molecule has 0 aliphatic rings. The summed E-state index contributed by atoms with van der Waals surface area (Å²) in [4.78, 5) is 9.34. The smallest absolute Gasteiger partial charge is 0.374 e. The van der Waals surface area contributed by atoms with Crippen LogP contribution in [0, 0.1) is 0 Å². The number of alkyl halides is 3. The number of rotatable bonds is 8. The summed E-state index contributed by atoms with van der Waals surface area (Å²) >= 11 is 1.64. The van der Waals surface area contributed by atoms with Gasteiger partial charge in [0.2, 0.25) is 5.60 Å². The van der Waals surface area contributed by atoms with Crippen molar-refractivity contribution < 1.29 is 18.3 Å². The summed E-state index contributed by atoms with van der Waals surface area (Å²) in [6.07, 6.45) is -2.84. The van der Waals surface area contributed by atoms with E-state index in [4.69, 9.17) is 0 Å². The normalized spacial score (nSPS) is 15.3. The highest BCUT2D eigenvalue weighted by Crippen LogP contribution is 2.40. The van der Waals surface area contributed by atoms with Gasteiger partial charge in [0.15, 0.2) is 5.96 Å².